The van der Waals surface area contributed by atoms with E-state index in [1.807, 2.05) is 0 Å². The fraction of sp³-hybridized carbons (Fsp3) is 0.682. The Balaban J connectivity index is 1.48. The quantitative estimate of drug-likeness (QED) is 0.368. The van der Waals surface area contributed by atoms with Gasteiger partial charge in [0.05, 0.1) is 33.0 Å². The second-order valence-electron chi connectivity index (χ2n) is 7.59. The fourth-order valence-electron chi connectivity index (χ4n) is 3.71. The molecule has 7 heteroatoms. The van der Waals surface area contributed by atoms with Crippen molar-refractivity contribution in [2.24, 2.45) is 4.99 Å². The lowest BCUT2D eigenvalue weighted by atomic mass is 10.1. The van der Waals surface area contributed by atoms with Crippen LogP contribution in [0.3, 0.4) is 0 Å². The number of nitrogens with one attached hydrogen (secondary N) is 2. The van der Waals surface area contributed by atoms with Crippen LogP contribution in [0.5, 0.6) is 0 Å². The summed E-state index contributed by atoms with van der Waals surface area (Å²) in [5.74, 6) is 0.899. The van der Waals surface area contributed by atoms with E-state index in [4.69, 9.17) is 14.5 Å². The zero-order valence-electron chi connectivity index (χ0n) is 17.9. The molecule has 2 fully saturated rings. The molecule has 2 heterocycles. The van der Waals surface area contributed by atoms with Crippen LogP contribution in [0.1, 0.15) is 24.5 Å². The third-order valence-corrected chi connectivity index (χ3v) is 5.42. The lowest BCUT2D eigenvalue weighted by Crippen LogP contribution is -2.40. The molecule has 0 amide bonds. The van der Waals surface area contributed by atoms with E-state index in [9.17, 15) is 0 Å². The molecule has 2 saturated heterocycles. The van der Waals surface area contributed by atoms with E-state index in [1.54, 1.807) is 0 Å². The smallest absolute Gasteiger partial charge is 0.191 e. The van der Waals surface area contributed by atoms with E-state index in [-0.39, 0.29) is 0 Å². The van der Waals surface area contributed by atoms with Gasteiger partial charge in [-0.3, -0.25) is 9.80 Å². The van der Waals surface area contributed by atoms with Crippen LogP contribution in [0.4, 0.5) is 0 Å². The van der Waals surface area contributed by atoms with E-state index < -0.39 is 0 Å². The minimum Gasteiger partial charge on any atom is -0.379 e. The van der Waals surface area contributed by atoms with Crippen LogP contribution in [0.2, 0.25) is 0 Å². The minimum absolute atomic E-state index is 0.694. The van der Waals surface area contributed by atoms with Gasteiger partial charge in [-0.15, -0.1) is 0 Å². The summed E-state index contributed by atoms with van der Waals surface area (Å²) in [7, 11) is 0. The first-order valence-corrected chi connectivity index (χ1v) is 11.0. The number of morpholine rings is 2. The molecule has 1 aromatic carbocycles. The van der Waals surface area contributed by atoms with Gasteiger partial charge in [-0.2, -0.15) is 0 Å². The second kappa shape index (κ2) is 12.8. The Bertz CT molecular complexity index is 613. The molecule has 0 radical (unpaired) electrons. The Hall–Kier alpha value is -1.67. The van der Waals surface area contributed by atoms with Gasteiger partial charge in [-0.05, 0) is 31.0 Å². The predicted octanol–water partition coefficient (Wildman–Crippen LogP) is 1.30. The van der Waals surface area contributed by atoms with Crippen molar-refractivity contribution >= 4 is 5.96 Å². The first-order valence-electron chi connectivity index (χ1n) is 11.0. The van der Waals surface area contributed by atoms with Crippen LogP contribution in [-0.4, -0.2) is 88.0 Å². The molecule has 7 nitrogen and oxygen atoms in total. The van der Waals surface area contributed by atoms with E-state index in [1.165, 1.54) is 11.1 Å². The maximum absolute atomic E-state index is 5.47. The van der Waals surface area contributed by atoms with Crippen molar-refractivity contribution in [2.75, 3.05) is 72.2 Å². The van der Waals surface area contributed by atoms with Crippen molar-refractivity contribution in [1.82, 2.24) is 20.4 Å². The number of hydrogen-bond acceptors (Lipinski definition) is 5. The van der Waals surface area contributed by atoms with E-state index >= 15 is 0 Å². The highest BCUT2D eigenvalue weighted by atomic mass is 16.5. The minimum atomic E-state index is 0.694. The number of benzene rings is 1. The summed E-state index contributed by atoms with van der Waals surface area (Å²) in [5.41, 5.74) is 2.66. The molecule has 2 aliphatic rings. The third-order valence-electron chi connectivity index (χ3n) is 5.42. The van der Waals surface area contributed by atoms with Gasteiger partial charge in [0.1, 0.15) is 0 Å². The molecule has 0 bridgehead atoms. The van der Waals surface area contributed by atoms with Gasteiger partial charge in [0.15, 0.2) is 5.96 Å². The maximum atomic E-state index is 5.47. The molecule has 29 heavy (non-hydrogen) atoms. The van der Waals surface area contributed by atoms with Gasteiger partial charge in [0.2, 0.25) is 0 Å². The monoisotopic (exact) mass is 403 g/mol. The summed E-state index contributed by atoms with van der Waals surface area (Å²) in [6.45, 7) is 14.2. The van der Waals surface area contributed by atoms with E-state index in [0.29, 0.717) is 6.54 Å². The summed E-state index contributed by atoms with van der Waals surface area (Å²) in [4.78, 5) is 9.77. The zero-order chi connectivity index (χ0) is 20.2. The molecule has 0 spiro atoms. The van der Waals surface area contributed by atoms with Crippen molar-refractivity contribution < 1.29 is 9.47 Å². The predicted molar refractivity (Wildman–Crippen MR) is 117 cm³/mol. The Morgan fingerprint density at radius 1 is 0.931 bits per heavy atom. The van der Waals surface area contributed by atoms with Gasteiger partial charge in [0.25, 0.3) is 0 Å². The number of hydrogen-bond donors (Lipinski definition) is 2. The highest BCUT2D eigenvalue weighted by Gasteiger charge is 2.13. The molecular formula is C22H37N5O2. The van der Waals surface area contributed by atoms with Gasteiger partial charge in [-0.1, -0.05) is 24.3 Å². The van der Waals surface area contributed by atoms with Crippen LogP contribution >= 0.6 is 0 Å². The molecule has 2 aliphatic heterocycles. The summed E-state index contributed by atoms with van der Waals surface area (Å²) in [5, 5.41) is 6.86. The summed E-state index contributed by atoms with van der Waals surface area (Å²) < 4.78 is 10.9. The summed E-state index contributed by atoms with van der Waals surface area (Å²) >= 11 is 0. The molecule has 162 valence electrons. The first kappa shape index (κ1) is 22.0. The van der Waals surface area contributed by atoms with Gasteiger partial charge < -0.3 is 20.1 Å². The zero-order valence-corrected chi connectivity index (χ0v) is 17.9. The topological polar surface area (TPSA) is 61.4 Å². The van der Waals surface area contributed by atoms with Crippen LogP contribution in [0.25, 0.3) is 0 Å². The Morgan fingerprint density at radius 2 is 1.59 bits per heavy atom. The molecule has 0 unspecified atom stereocenters. The summed E-state index contributed by atoms with van der Waals surface area (Å²) in [6, 6.07) is 8.65. The summed E-state index contributed by atoms with van der Waals surface area (Å²) in [6.07, 6.45) is 1.11. The van der Waals surface area contributed by atoms with Crippen molar-refractivity contribution in [2.45, 2.75) is 26.4 Å². The van der Waals surface area contributed by atoms with E-state index in [0.717, 1.165) is 91.2 Å². The molecule has 1 aromatic rings. The van der Waals surface area contributed by atoms with Crippen molar-refractivity contribution in [1.29, 1.82) is 0 Å². The SMILES string of the molecule is CCNC(=NCc1ccccc1CN1CCOCC1)NCCCN1CCOCC1. The number of nitrogens with zero attached hydrogens (tertiary/aromatic N) is 3. The average Bonchev–Trinajstić information content (AvgIpc) is 2.77. The van der Waals surface area contributed by atoms with Crippen LogP contribution in [0, 0.1) is 0 Å². The van der Waals surface area contributed by atoms with Crippen molar-refractivity contribution in [3.63, 3.8) is 0 Å². The highest BCUT2D eigenvalue weighted by molar-refractivity contribution is 5.79. The third kappa shape index (κ3) is 7.93. The lowest BCUT2D eigenvalue weighted by Gasteiger charge is -2.27. The molecule has 0 aromatic heterocycles. The molecule has 0 aliphatic carbocycles. The van der Waals surface area contributed by atoms with Crippen LogP contribution in [0.15, 0.2) is 29.3 Å². The largest absolute Gasteiger partial charge is 0.379 e. The number of rotatable bonds is 9. The fourth-order valence-corrected chi connectivity index (χ4v) is 3.71. The second-order valence-corrected chi connectivity index (χ2v) is 7.59. The van der Waals surface area contributed by atoms with E-state index in [2.05, 4.69) is 51.6 Å². The molecule has 0 saturated carbocycles. The maximum Gasteiger partial charge on any atom is 0.191 e. The molecule has 2 N–H and O–H groups in total. The van der Waals surface area contributed by atoms with Gasteiger partial charge in [0, 0.05) is 45.8 Å². The first-order chi connectivity index (χ1) is 14.3. The molecule has 3 rings (SSSR count). The average molecular weight is 404 g/mol. The Morgan fingerprint density at radius 3 is 2.28 bits per heavy atom. The number of guanidine groups is 1. The van der Waals surface area contributed by atoms with Crippen LogP contribution in [-0.2, 0) is 22.6 Å². The Labute approximate surface area is 175 Å². The normalized spacial score (nSPS) is 19.3. The lowest BCUT2D eigenvalue weighted by molar-refractivity contribution is 0.0341. The number of aliphatic imine (C=N–C) groups is 1. The van der Waals surface area contributed by atoms with Gasteiger partial charge in [-0.25, -0.2) is 4.99 Å². The Kier molecular flexibility index (Phi) is 9.72. The standard InChI is InChI=1S/C22H37N5O2/c1-2-23-22(24-8-5-9-26-10-14-28-15-11-26)25-18-20-6-3-4-7-21(20)19-27-12-16-29-17-13-27/h3-4,6-7H,2,5,8-19H2,1H3,(H2,23,24,25). The van der Waals surface area contributed by atoms with Crippen LogP contribution < -0.4 is 10.6 Å². The number of ether oxygens (including phenoxy) is 2. The van der Waals surface area contributed by atoms with Crippen molar-refractivity contribution in [3.05, 3.63) is 35.4 Å². The highest BCUT2D eigenvalue weighted by Crippen LogP contribution is 2.14. The molecular weight excluding hydrogens is 366 g/mol. The van der Waals surface area contributed by atoms with Gasteiger partial charge >= 0.3 is 0 Å². The molecule has 0 atom stereocenters. The van der Waals surface area contributed by atoms with Crippen molar-refractivity contribution in [3.8, 4) is 0 Å².